The lowest BCUT2D eigenvalue weighted by molar-refractivity contribution is -0.0505. The summed E-state index contributed by atoms with van der Waals surface area (Å²) in [5, 5.41) is 9.00. The molecule has 178 valence electrons. The number of nitrogens with zero attached hydrogens (tertiary/aromatic N) is 1. The second-order valence-corrected chi connectivity index (χ2v) is 6.85. The Balaban J connectivity index is 0.00000900. The van der Waals surface area contributed by atoms with Crippen LogP contribution in [0.25, 0.3) is 0 Å². The average molecular weight is 558 g/mol. The molecule has 8 nitrogen and oxygen atoms in total. The molecule has 0 aliphatic carbocycles. The third-order valence-corrected chi connectivity index (χ3v) is 4.02. The fraction of sp³-hybridized carbons (Fsp3) is 0.600. The first-order chi connectivity index (χ1) is 14.3. The van der Waals surface area contributed by atoms with Crippen LogP contribution < -0.4 is 25.4 Å². The second-order valence-electron chi connectivity index (χ2n) is 6.85. The molecule has 0 radical (unpaired) electrons. The molecule has 0 heterocycles. The Labute approximate surface area is 199 Å². The molecular formula is C20H33F2IN4O4. The Morgan fingerprint density at radius 2 is 1.94 bits per heavy atom. The van der Waals surface area contributed by atoms with Crippen LogP contribution in [0.2, 0.25) is 0 Å². The van der Waals surface area contributed by atoms with Crippen molar-refractivity contribution in [2.45, 2.75) is 46.4 Å². The number of alkyl carbamates (subject to hydrolysis) is 1. The normalized spacial score (nSPS) is 12.1. The highest BCUT2D eigenvalue weighted by molar-refractivity contribution is 14.0. The Bertz CT molecular complexity index is 693. The molecule has 0 aliphatic heterocycles. The number of aliphatic imine (C=N–C) groups is 1. The van der Waals surface area contributed by atoms with E-state index < -0.39 is 12.7 Å². The number of rotatable bonds is 11. The van der Waals surface area contributed by atoms with Crippen molar-refractivity contribution < 1.29 is 27.8 Å². The van der Waals surface area contributed by atoms with Gasteiger partial charge in [-0.1, -0.05) is 13.8 Å². The number of guanidine groups is 1. The fourth-order valence-electron chi connectivity index (χ4n) is 2.75. The van der Waals surface area contributed by atoms with Crippen LogP contribution in [0.15, 0.2) is 23.2 Å². The highest BCUT2D eigenvalue weighted by atomic mass is 127. The molecule has 1 amide bonds. The van der Waals surface area contributed by atoms with E-state index in [-0.39, 0.29) is 42.3 Å². The average Bonchev–Trinajstić information content (AvgIpc) is 2.68. The molecule has 3 N–H and O–H groups in total. The summed E-state index contributed by atoms with van der Waals surface area (Å²) >= 11 is 0. The van der Waals surface area contributed by atoms with E-state index in [9.17, 15) is 13.6 Å². The molecule has 1 unspecified atom stereocenters. The van der Waals surface area contributed by atoms with E-state index in [0.29, 0.717) is 36.3 Å². The molecule has 0 aromatic heterocycles. The standard InChI is InChI=1S/C20H32F2N4O4.HI/c1-6-29-20(27)26-15(9-13(2)3)12-25-19(23-4)24-11-14-10-16(28-5)7-8-17(14)30-18(21)22;/h7-8,10,13,15,18H,6,9,11-12H2,1-5H3,(H,26,27)(H2,23,24,25);1H. The predicted molar refractivity (Wildman–Crippen MR) is 127 cm³/mol. The van der Waals surface area contributed by atoms with Crippen molar-refractivity contribution in [3.05, 3.63) is 23.8 Å². The van der Waals surface area contributed by atoms with Gasteiger partial charge in [0.15, 0.2) is 5.96 Å². The molecule has 0 saturated carbocycles. The zero-order valence-electron chi connectivity index (χ0n) is 18.5. The molecule has 1 aromatic rings. The summed E-state index contributed by atoms with van der Waals surface area (Å²) in [5.74, 6) is 1.38. The summed E-state index contributed by atoms with van der Waals surface area (Å²) in [6.07, 6.45) is 0.267. The molecule has 1 atom stereocenters. The molecule has 0 bridgehead atoms. The third kappa shape index (κ3) is 11.8. The second kappa shape index (κ2) is 15.7. The first-order valence-corrected chi connectivity index (χ1v) is 9.78. The van der Waals surface area contributed by atoms with E-state index in [2.05, 4.69) is 39.5 Å². The van der Waals surface area contributed by atoms with Crippen molar-refractivity contribution in [3.8, 4) is 11.5 Å². The number of methoxy groups -OCH3 is 1. The Morgan fingerprint density at radius 3 is 2.48 bits per heavy atom. The van der Waals surface area contributed by atoms with Gasteiger partial charge in [0, 0.05) is 31.7 Å². The summed E-state index contributed by atoms with van der Waals surface area (Å²) in [5.41, 5.74) is 0.487. The predicted octanol–water partition coefficient (Wildman–Crippen LogP) is 3.74. The van der Waals surface area contributed by atoms with Crippen LogP contribution in [0.3, 0.4) is 0 Å². The number of ether oxygens (including phenoxy) is 3. The van der Waals surface area contributed by atoms with Gasteiger partial charge in [-0.05, 0) is 37.5 Å². The van der Waals surface area contributed by atoms with Gasteiger partial charge >= 0.3 is 12.7 Å². The third-order valence-electron chi connectivity index (χ3n) is 4.02. The number of hydrogen-bond donors (Lipinski definition) is 3. The number of carbonyl (C=O) groups is 1. The molecule has 11 heteroatoms. The highest BCUT2D eigenvalue weighted by Crippen LogP contribution is 2.25. The maximum absolute atomic E-state index is 12.7. The van der Waals surface area contributed by atoms with Gasteiger partial charge < -0.3 is 30.2 Å². The van der Waals surface area contributed by atoms with Gasteiger partial charge in [0.25, 0.3) is 0 Å². The van der Waals surface area contributed by atoms with Crippen molar-refractivity contribution in [1.29, 1.82) is 0 Å². The molecule has 0 fully saturated rings. The van der Waals surface area contributed by atoms with Crippen molar-refractivity contribution in [1.82, 2.24) is 16.0 Å². The first-order valence-electron chi connectivity index (χ1n) is 9.78. The van der Waals surface area contributed by atoms with Crippen molar-refractivity contribution >= 4 is 36.0 Å². The van der Waals surface area contributed by atoms with Gasteiger partial charge in [-0.15, -0.1) is 24.0 Å². The van der Waals surface area contributed by atoms with Crippen molar-refractivity contribution in [2.75, 3.05) is 27.3 Å². The first kappa shape index (κ1) is 28.9. The number of nitrogens with one attached hydrogen (secondary N) is 3. The maximum Gasteiger partial charge on any atom is 0.407 e. The molecular weight excluding hydrogens is 525 g/mol. The minimum atomic E-state index is -2.93. The van der Waals surface area contributed by atoms with E-state index in [0.717, 1.165) is 6.42 Å². The van der Waals surface area contributed by atoms with E-state index >= 15 is 0 Å². The number of amides is 1. The van der Waals surface area contributed by atoms with Gasteiger partial charge in [0.2, 0.25) is 0 Å². The summed E-state index contributed by atoms with van der Waals surface area (Å²) in [7, 11) is 3.08. The van der Waals surface area contributed by atoms with Crippen molar-refractivity contribution in [2.24, 2.45) is 10.9 Å². The van der Waals surface area contributed by atoms with Gasteiger partial charge in [-0.2, -0.15) is 8.78 Å². The Hall–Kier alpha value is -2.05. The maximum atomic E-state index is 12.7. The fourth-order valence-corrected chi connectivity index (χ4v) is 2.75. The van der Waals surface area contributed by atoms with Gasteiger partial charge in [-0.25, -0.2) is 4.79 Å². The molecule has 31 heavy (non-hydrogen) atoms. The zero-order valence-corrected chi connectivity index (χ0v) is 20.9. The van der Waals surface area contributed by atoms with E-state index in [1.807, 2.05) is 0 Å². The zero-order chi connectivity index (χ0) is 22.5. The van der Waals surface area contributed by atoms with Crippen molar-refractivity contribution in [3.63, 3.8) is 0 Å². The monoisotopic (exact) mass is 558 g/mol. The van der Waals surface area contributed by atoms with Gasteiger partial charge in [0.05, 0.1) is 13.7 Å². The minimum Gasteiger partial charge on any atom is -0.497 e. The SMILES string of the molecule is CCOC(=O)NC(CNC(=NC)NCc1cc(OC)ccc1OC(F)F)CC(C)C.I. The highest BCUT2D eigenvalue weighted by Gasteiger charge is 2.16. The summed E-state index contributed by atoms with van der Waals surface area (Å²) in [6.45, 7) is 3.81. The lowest BCUT2D eigenvalue weighted by atomic mass is 10.0. The lowest BCUT2D eigenvalue weighted by Crippen LogP contribution is -2.47. The van der Waals surface area contributed by atoms with Crippen LogP contribution in [0, 0.1) is 5.92 Å². The number of hydrogen-bond acceptors (Lipinski definition) is 5. The van der Waals surface area contributed by atoms with E-state index in [4.69, 9.17) is 9.47 Å². The van der Waals surface area contributed by atoms with Crippen LogP contribution >= 0.6 is 24.0 Å². The van der Waals surface area contributed by atoms with Gasteiger partial charge in [0.1, 0.15) is 11.5 Å². The molecule has 1 rings (SSSR count). The lowest BCUT2D eigenvalue weighted by Gasteiger charge is -2.22. The van der Waals surface area contributed by atoms with Crippen LogP contribution in [0.5, 0.6) is 11.5 Å². The minimum absolute atomic E-state index is 0. The topological polar surface area (TPSA) is 93.2 Å². The number of benzene rings is 1. The largest absolute Gasteiger partial charge is 0.497 e. The Kier molecular flexibility index (Phi) is 14.7. The molecule has 0 saturated heterocycles. The summed E-state index contributed by atoms with van der Waals surface area (Å²) in [6, 6.07) is 4.42. The van der Waals surface area contributed by atoms with Gasteiger partial charge in [-0.3, -0.25) is 4.99 Å². The number of carbonyl (C=O) groups excluding carboxylic acids is 1. The number of alkyl halides is 2. The smallest absolute Gasteiger partial charge is 0.407 e. The van der Waals surface area contributed by atoms with Crippen LogP contribution in [-0.2, 0) is 11.3 Å². The van der Waals surface area contributed by atoms with Crippen LogP contribution in [0.4, 0.5) is 13.6 Å². The quantitative estimate of drug-likeness (QED) is 0.218. The summed E-state index contributed by atoms with van der Waals surface area (Å²) in [4.78, 5) is 15.9. The molecule has 0 spiro atoms. The summed E-state index contributed by atoms with van der Waals surface area (Å²) < 4.78 is 40.0. The number of halogens is 3. The Morgan fingerprint density at radius 1 is 1.23 bits per heavy atom. The van der Waals surface area contributed by atoms with Crippen LogP contribution in [-0.4, -0.2) is 52.0 Å². The van der Waals surface area contributed by atoms with E-state index in [1.54, 1.807) is 26.1 Å². The van der Waals surface area contributed by atoms with E-state index in [1.165, 1.54) is 13.2 Å². The molecule has 1 aromatic carbocycles. The molecule has 0 aliphatic rings. The van der Waals surface area contributed by atoms with Crippen LogP contribution in [0.1, 0.15) is 32.8 Å².